The van der Waals surface area contributed by atoms with Gasteiger partial charge in [0.05, 0.1) is 30.5 Å². The molecule has 9 heteroatoms. The predicted molar refractivity (Wildman–Crippen MR) is 145 cm³/mol. The number of benzene rings is 3. The van der Waals surface area contributed by atoms with Gasteiger partial charge in [-0.1, -0.05) is 23.7 Å². The minimum atomic E-state index is -1.00. The number of fused-ring (bicyclic) bond motifs is 1. The summed E-state index contributed by atoms with van der Waals surface area (Å²) in [7, 11) is 1.91. The van der Waals surface area contributed by atoms with Gasteiger partial charge in [-0.05, 0) is 67.4 Å². The highest BCUT2D eigenvalue weighted by Gasteiger charge is 2.47. The number of Topliss-reactive ketones (excluding diaryl/α,β-unsaturated/α-hetero) is 1. The van der Waals surface area contributed by atoms with Gasteiger partial charge >= 0.3 is 0 Å². The number of halogens is 1. The van der Waals surface area contributed by atoms with Crippen LogP contribution < -0.4 is 19.3 Å². The summed E-state index contributed by atoms with van der Waals surface area (Å²) in [5, 5.41) is 22.2. The summed E-state index contributed by atoms with van der Waals surface area (Å²) in [5.74, 6) is -1.17. The number of hydrogen-bond donors (Lipinski definition) is 2. The molecule has 3 aromatic carbocycles. The first-order valence-electron chi connectivity index (χ1n) is 12.2. The second-order valence-corrected chi connectivity index (χ2v) is 9.62. The Balaban J connectivity index is 1.72. The zero-order chi connectivity index (χ0) is 27.1. The highest BCUT2D eigenvalue weighted by molar-refractivity contribution is 6.51. The fraction of sp³-hybridized carbons (Fsp3) is 0.241. The van der Waals surface area contributed by atoms with Crippen LogP contribution in [0.1, 0.15) is 29.7 Å². The Morgan fingerprint density at radius 2 is 1.92 bits per heavy atom. The standard InChI is InChI=1S/C29H27ClN2O6/c1-4-37-24-14-17(6-9-22(24)33)26-25(27(34)18-7-10-23-21(13-18)31(3)11-12-38-23)28(35)29(36)32(26)19-8-5-16(2)20(30)15-19/h5-10,13-15,26,33-34H,4,11-12H2,1-3H3/b27-25+. The molecule has 0 bridgehead atoms. The number of phenols is 1. The number of nitrogens with zero attached hydrogens (tertiary/aromatic N) is 2. The van der Waals surface area contributed by atoms with Crippen LogP contribution in [0, 0.1) is 6.92 Å². The van der Waals surface area contributed by atoms with Gasteiger partial charge in [0.1, 0.15) is 18.1 Å². The average Bonchev–Trinajstić information content (AvgIpc) is 3.17. The number of amides is 1. The lowest BCUT2D eigenvalue weighted by Gasteiger charge is -2.28. The molecule has 2 heterocycles. The van der Waals surface area contributed by atoms with Crippen molar-refractivity contribution < 1.29 is 29.3 Å². The van der Waals surface area contributed by atoms with Crippen LogP contribution in [0.4, 0.5) is 11.4 Å². The molecule has 5 rings (SSSR count). The number of aliphatic hydroxyl groups is 1. The van der Waals surface area contributed by atoms with E-state index in [0.29, 0.717) is 47.3 Å². The minimum Gasteiger partial charge on any atom is -0.507 e. The van der Waals surface area contributed by atoms with Crippen LogP contribution >= 0.6 is 11.6 Å². The Morgan fingerprint density at radius 1 is 1.13 bits per heavy atom. The van der Waals surface area contributed by atoms with Crippen molar-refractivity contribution in [2.75, 3.05) is 36.6 Å². The second-order valence-electron chi connectivity index (χ2n) is 9.22. The normalized spacial score (nSPS) is 18.4. The number of anilines is 2. The third-order valence-corrected chi connectivity index (χ3v) is 7.21. The highest BCUT2D eigenvalue weighted by atomic mass is 35.5. The van der Waals surface area contributed by atoms with E-state index in [1.807, 2.05) is 18.9 Å². The summed E-state index contributed by atoms with van der Waals surface area (Å²) in [6.07, 6.45) is 0. The quantitative estimate of drug-likeness (QED) is 0.263. The van der Waals surface area contributed by atoms with Crippen molar-refractivity contribution >= 4 is 40.4 Å². The Kier molecular flexibility index (Phi) is 6.67. The fourth-order valence-corrected chi connectivity index (χ4v) is 4.95. The molecule has 0 aliphatic carbocycles. The lowest BCUT2D eigenvalue weighted by atomic mass is 9.94. The maximum absolute atomic E-state index is 13.5. The molecule has 8 nitrogen and oxygen atoms in total. The average molecular weight is 535 g/mol. The van der Waals surface area contributed by atoms with E-state index in [2.05, 4.69) is 0 Å². The number of ether oxygens (including phenoxy) is 2. The molecular weight excluding hydrogens is 508 g/mol. The van der Waals surface area contributed by atoms with Crippen LogP contribution in [0.3, 0.4) is 0 Å². The third kappa shape index (κ3) is 4.31. The van der Waals surface area contributed by atoms with Crippen LogP contribution in [0.5, 0.6) is 17.2 Å². The second kappa shape index (κ2) is 9.95. The van der Waals surface area contributed by atoms with Crippen LogP contribution in [0.15, 0.2) is 60.2 Å². The maximum Gasteiger partial charge on any atom is 0.300 e. The molecule has 1 fully saturated rings. The molecule has 0 aromatic heterocycles. The van der Waals surface area contributed by atoms with E-state index in [1.54, 1.807) is 55.5 Å². The van der Waals surface area contributed by atoms with Crippen molar-refractivity contribution in [3.63, 3.8) is 0 Å². The van der Waals surface area contributed by atoms with Crippen molar-refractivity contribution in [3.8, 4) is 17.2 Å². The van der Waals surface area contributed by atoms with Crippen molar-refractivity contribution in [3.05, 3.63) is 81.9 Å². The highest BCUT2D eigenvalue weighted by Crippen LogP contribution is 2.45. The number of aromatic hydroxyl groups is 1. The smallest absolute Gasteiger partial charge is 0.300 e. The SMILES string of the molecule is CCOc1cc(C2/C(=C(\O)c3ccc4c(c3)N(C)CCO4)C(=O)C(=O)N2c2ccc(C)c(Cl)c2)ccc1O. The van der Waals surface area contributed by atoms with Gasteiger partial charge in [-0.2, -0.15) is 0 Å². The van der Waals surface area contributed by atoms with Crippen molar-refractivity contribution in [1.29, 1.82) is 0 Å². The number of carbonyl (C=O) groups is 2. The van der Waals surface area contributed by atoms with Gasteiger partial charge in [0, 0.05) is 23.3 Å². The molecule has 2 aliphatic rings. The molecule has 38 heavy (non-hydrogen) atoms. The third-order valence-electron chi connectivity index (χ3n) is 6.81. The molecule has 1 saturated heterocycles. The first kappa shape index (κ1) is 25.5. The number of likely N-dealkylation sites (N-methyl/N-ethyl adjacent to an activating group) is 1. The molecule has 1 amide bonds. The van der Waals surface area contributed by atoms with Crippen LogP contribution in [0.2, 0.25) is 5.02 Å². The van der Waals surface area contributed by atoms with E-state index in [4.69, 9.17) is 21.1 Å². The molecule has 196 valence electrons. The summed E-state index contributed by atoms with van der Waals surface area (Å²) in [4.78, 5) is 30.3. The molecular formula is C29H27ClN2O6. The number of hydrogen-bond acceptors (Lipinski definition) is 7. The largest absolute Gasteiger partial charge is 0.507 e. The molecule has 2 N–H and O–H groups in total. The van der Waals surface area contributed by atoms with Gasteiger partial charge in [-0.25, -0.2) is 0 Å². The van der Waals surface area contributed by atoms with Gasteiger partial charge in [0.25, 0.3) is 11.7 Å². The number of phenolic OH excluding ortho intramolecular Hbond substituents is 1. The number of rotatable bonds is 5. The summed E-state index contributed by atoms with van der Waals surface area (Å²) in [5.41, 5.74) is 2.74. The predicted octanol–water partition coefficient (Wildman–Crippen LogP) is 5.21. The molecule has 0 radical (unpaired) electrons. The Morgan fingerprint density at radius 3 is 2.66 bits per heavy atom. The fourth-order valence-electron chi connectivity index (χ4n) is 4.77. The maximum atomic E-state index is 13.5. The lowest BCUT2D eigenvalue weighted by Crippen LogP contribution is -2.29. The summed E-state index contributed by atoms with van der Waals surface area (Å²) < 4.78 is 11.3. The molecule has 3 aromatic rings. The van der Waals surface area contributed by atoms with Crippen molar-refractivity contribution in [2.24, 2.45) is 0 Å². The molecule has 2 aliphatic heterocycles. The van der Waals surface area contributed by atoms with Gasteiger partial charge in [-0.15, -0.1) is 0 Å². The van der Waals surface area contributed by atoms with Gasteiger partial charge in [0.2, 0.25) is 0 Å². The van der Waals surface area contributed by atoms with E-state index in [-0.39, 0.29) is 22.8 Å². The summed E-state index contributed by atoms with van der Waals surface area (Å²) in [6.45, 7) is 5.13. The Labute approximate surface area is 225 Å². The Hall–Kier alpha value is -4.17. The van der Waals surface area contributed by atoms with E-state index >= 15 is 0 Å². The number of aliphatic hydroxyl groups excluding tert-OH is 1. The summed E-state index contributed by atoms with van der Waals surface area (Å²) >= 11 is 6.38. The minimum absolute atomic E-state index is 0.0799. The topological polar surface area (TPSA) is 99.5 Å². The van der Waals surface area contributed by atoms with Gasteiger partial charge in [-0.3, -0.25) is 14.5 Å². The monoisotopic (exact) mass is 534 g/mol. The first-order valence-corrected chi connectivity index (χ1v) is 12.6. The lowest BCUT2D eigenvalue weighted by molar-refractivity contribution is -0.132. The zero-order valence-electron chi connectivity index (χ0n) is 21.2. The Bertz CT molecular complexity index is 1480. The zero-order valence-corrected chi connectivity index (χ0v) is 22.0. The molecule has 0 spiro atoms. The number of ketones is 1. The molecule has 1 atom stereocenters. The summed E-state index contributed by atoms with van der Waals surface area (Å²) in [6, 6.07) is 13.8. The van der Waals surface area contributed by atoms with Crippen molar-refractivity contribution in [2.45, 2.75) is 19.9 Å². The van der Waals surface area contributed by atoms with Crippen LogP contribution in [-0.2, 0) is 9.59 Å². The van der Waals surface area contributed by atoms with E-state index < -0.39 is 17.7 Å². The van der Waals surface area contributed by atoms with E-state index in [9.17, 15) is 19.8 Å². The van der Waals surface area contributed by atoms with Gasteiger partial charge < -0.3 is 24.6 Å². The molecule has 0 saturated carbocycles. The van der Waals surface area contributed by atoms with Crippen LogP contribution in [-0.4, -0.2) is 48.7 Å². The van der Waals surface area contributed by atoms with E-state index in [0.717, 1.165) is 11.3 Å². The first-order chi connectivity index (χ1) is 18.2. The van der Waals surface area contributed by atoms with E-state index in [1.165, 1.54) is 11.0 Å². The number of aryl methyl sites for hydroxylation is 1. The van der Waals surface area contributed by atoms with Crippen molar-refractivity contribution in [1.82, 2.24) is 0 Å². The molecule has 1 unspecified atom stereocenters. The van der Waals surface area contributed by atoms with Gasteiger partial charge in [0.15, 0.2) is 11.5 Å². The van der Waals surface area contributed by atoms with Crippen LogP contribution in [0.25, 0.3) is 5.76 Å². The number of carbonyl (C=O) groups excluding carboxylic acids is 2.